The summed E-state index contributed by atoms with van der Waals surface area (Å²) in [6.07, 6.45) is 1.91. The standard InChI is InChI=1S/C8H9ClFNS/c1-12-11-5-6-4-7(10)2-3-8(6)9/h2-4,11H,5H2,1H3. The van der Waals surface area contributed by atoms with Gasteiger partial charge >= 0.3 is 0 Å². The first kappa shape index (κ1) is 9.84. The number of halogens is 2. The van der Waals surface area contributed by atoms with Crippen molar-refractivity contribution in [3.63, 3.8) is 0 Å². The van der Waals surface area contributed by atoms with Crippen LogP contribution in [0.25, 0.3) is 0 Å². The van der Waals surface area contributed by atoms with Gasteiger partial charge < -0.3 is 0 Å². The number of hydrogen-bond donors (Lipinski definition) is 1. The molecule has 0 bridgehead atoms. The van der Waals surface area contributed by atoms with E-state index in [1.54, 1.807) is 6.07 Å². The van der Waals surface area contributed by atoms with Crippen molar-refractivity contribution >= 4 is 23.5 Å². The van der Waals surface area contributed by atoms with Gasteiger partial charge in [0, 0.05) is 11.6 Å². The molecule has 0 saturated heterocycles. The molecular formula is C8H9ClFNS. The summed E-state index contributed by atoms with van der Waals surface area (Å²) in [4.78, 5) is 0. The van der Waals surface area contributed by atoms with E-state index >= 15 is 0 Å². The van der Waals surface area contributed by atoms with Gasteiger partial charge in [0.15, 0.2) is 0 Å². The highest BCUT2D eigenvalue weighted by molar-refractivity contribution is 7.96. The summed E-state index contributed by atoms with van der Waals surface area (Å²) in [6.45, 7) is 0.581. The Balaban J connectivity index is 2.75. The monoisotopic (exact) mass is 205 g/mol. The van der Waals surface area contributed by atoms with Crippen LogP contribution in [0.1, 0.15) is 5.56 Å². The molecule has 0 unspecified atom stereocenters. The number of hydrogen-bond acceptors (Lipinski definition) is 2. The number of rotatable bonds is 3. The molecule has 0 spiro atoms. The Bertz CT molecular complexity index is 267. The fourth-order valence-corrected chi connectivity index (χ4v) is 1.31. The summed E-state index contributed by atoms with van der Waals surface area (Å²) >= 11 is 7.30. The quantitative estimate of drug-likeness (QED) is 0.762. The molecule has 0 heterocycles. The zero-order chi connectivity index (χ0) is 8.97. The minimum absolute atomic E-state index is 0.252. The first-order valence-electron chi connectivity index (χ1n) is 3.44. The fourth-order valence-electron chi connectivity index (χ4n) is 0.829. The lowest BCUT2D eigenvalue weighted by atomic mass is 10.2. The Morgan fingerprint density at radius 1 is 1.58 bits per heavy atom. The second-order valence-electron chi connectivity index (χ2n) is 2.26. The normalized spacial score (nSPS) is 10.2. The van der Waals surface area contributed by atoms with Crippen LogP contribution in [0, 0.1) is 5.82 Å². The Morgan fingerprint density at radius 2 is 2.33 bits per heavy atom. The molecule has 1 nitrogen and oxygen atoms in total. The number of nitrogens with one attached hydrogen (secondary N) is 1. The van der Waals surface area contributed by atoms with E-state index in [4.69, 9.17) is 11.6 Å². The first-order chi connectivity index (χ1) is 5.74. The van der Waals surface area contributed by atoms with Gasteiger partial charge in [0.05, 0.1) is 0 Å². The molecule has 4 heteroatoms. The predicted octanol–water partition coefficient (Wildman–Crippen LogP) is 2.85. The summed E-state index contributed by atoms with van der Waals surface area (Å²) < 4.78 is 15.7. The van der Waals surface area contributed by atoms with Crippen LogP contribution in [0.5, 0.6) is 0 Å². The maximum absolute atomic E-state index is 12.7. The van der Waals surface area contributed by atoms with Gasteiger partial charge in [0.25, 0.3) is 0 Å². The van der Waals surface area contributed by atoms with Crippen LogP contribution >= 0.6 is 23.5 Å². The highest BCUT2D eigenvalue weighted by atomic mass is 35.5. The minimum Gasteiger partial charge on any atom is -0.260 e. The third-order valence-corrected chi connectivity index (χ3v) is 2.22. The van der Waals surface area contributed by atoms with Crippen LogP contribution in [-0.4, -0.2) is 6.26 Å². The van der Waals surface area contributed by atoms with Crippen molar-refractivity contribution < 1.29 is 4.39 Å². The number of benzene rings is 1. The van der Waals surface area contributed by atoms with Crippen LogP contribution in [0.15, 0.2) is 18.2 Å². The summed E-state index contributed by atoms with van der Waals surface area (Å²) in [6, 6.07) is 4.35. The molecule has 0 aliphatic rings. The molecule has 1 N–H and O–H groups in total. The van der Waals surface area contributed by atoms with E-state index in [2.05, 4.69) is 4.72 Å². The van der Waals surface area contributed by atoms with Crippen molar-refractivity contribution in [2.45, 2.75) is 6.54 Å². The molecule has 1 aromatic carbocycles. The second-order valence-corrected chi connectivity index (χ2v) is 3.37. The van der Waals surface area contributed by atoms with E-state index in [1.165, 1.54) is 24.1 Å². The largest absolute Gasteiger partial charge is 0.260 e. The average Bonchev–Trinajstić information content (AvgIpc) is 2.07. The van der Waals surface area contributed by atoms with Gasteiger partial charge in [-0.15, -0.1) is 0 Å². The van der Waals surface area contributed by atoms with Crippen molar-refractivity contribution in [2.24, 2.45) is 0 Å². The molecule has 1 aromatic rings. The smallest absolute Gasteiger partial charge is 0.123 e. The van der Waals surface area contributed by atoms with E-state index in [1.807, 2.05) is 6.26 Å². The first-order valence-corrected chi connectivity index (χ1v) is 5.04. The van der Waals surface area contributed by atoms with E-state index < -0.39 is 0 Å². The molecule has 0 aromatic heterocycles. The van der Waals surface area contributed by atoms with Gasteiger partial charge in [-0.25, -0.2) is 4.39 Å². The molecule has 0 radical (unpaired) electrons. The van der Waals surface area contributed by atoms with Crippen molar-refractivity contribution in [3.8, 4) is 0 Å². The van der Waals surface area contributed by atoms with Crippen LogP contribution in [0.2, 0.25) is 5.02 Å². The van der Waals surface area contributed by atoms with Crippen LogP contribution in [-0.2, 0) is 6.54 Å². The van der Waals surface area contributed by atoms with Gasteiger partial charge in [-0.2, -0.15) is 0 Å². The molecular weight excluding hydrogens is 197 g/mol. The molecule has 12 heavy (non-hydrogen) atoms. The molecule has 0 aliphatic carbocycles. The molecule has 66 valence electrons. The molecule has 0 amide bonds. The van der Waals surface area contributed by atoms with E-state index in [0.717, 1.165) is 5.56 Å². The van der Waals surface area contributed by atoms with Crippen molar-refractivity contribution in [1.82, 2.24) is 4.72 Å². The van der Waals surface area contributed by atoms with Crippen molar-refractivity contribution in [2.75, 3.05) is 6.26 Å². The molecule has 0 fully saturated rings. The Hall–Kier alpha value is -0.250. The van der Waals surface area contributed by atoms with E-state index in [0.29, 0.717) is 11.6 Å². The van der Waals surface area contributed by atoms with E-state index in [-0.39, 0.29) is 5.82 Å². The third kappa shape index (κ3) is 2.66. The van der Waals surface area contributed by atoms with Crippen LogP contribution in [0.4, 0.5) is 4.39 Å². The van der Waals surface area contributed by atoms with Gasteiger partial charge in [-0.1, -0.05) is 23.5 Å². The fraction of sp³-hybridized carbons (Fsp3) is 0.250. The summed E-state index contributed by atoms with van der Waals surface area (Å²) in [5.41, 5.74) is 0.783. The maximum Gasteiger partial charge on any atom is 0.123 e. The SMILES string of the molecule is CSNCc1cc(F)ccc1Cl. The van der Waals surface area contributed by atoms with Crippen molar-refractivity contribution in [1.29, 1.82) is 0 Å². The minimum atomic E-state index is -0.252. The lowest BCUT2D eigenvalue weighted by molar-refractivity contribution is 0.625. The zero-order valence-corrected chi connectivity index (χ0v) is 8.18. The molecule has 0 aliphatic heterocycles. The Morgan fingerprint density at radius 3 is 3.00 bits per heavy atom. The van der Waals surface area contributed by atoms with Crippen molar-refractivity contribution in [3.05, 3.63) is 34.6 Å². The summed E-state index contributed by atoms with van der Waals surface area (Å²) in [5, 5.41) is 0.595. The topological polar surface area (TPSA) is 12.0 Å². The van der Waals surface area contributed by atoms with Crippen LogP contribution in [0.3, 0.4) is 0 Å². The average molecular weight is 206 g/mol. The molecule has 0 saturated carbocycles. The van der Waals surface area contributed by atoms with Gasteiger partial charge in [-0.3, -0.25) is 4.72 Å². The molecule has 1 rings (SSSR count). The molecule has 0 atom stereocenters. The lowest BCUT2D eigenvalue weighted by Gasteiger charge is -2.03. The second kappa shape index (κ2) is 4.70. The van der Waals surface area contributed by atoms with Crippen LogP contribution < -0.4 is 4.72 Å². The van der Waals surface area contributed by atoms with Gasteiger partial charge in [0.1, 0.15) is 5.82 Å². The van der Waals surface area contributed by atoms with E-state index in [9.17, 15) is 4.39 Å². The maximum atomic E-state index is 12.7. The Kier molecular flexibility index (Phi) is 3.85. The van der Waals surface area contributed by atoms with Gasteiger partial charge in [-0.05, 0) is 30.0 Å². The Labute approximate surface area is 80.4 Å². The van der Waals surface area contributed by atoms with Gasteiger partial charge in [0.2, 0.25) is 0 Å². The lowest BCUT2D eigenvalue weighted by Crippen LogP contribution is -2.02. The zero-order valence-electron chi connectivity index (χ0n) is 6.60. The predicted molar refractivity (Wildman–Crippen MR) is 51.8 cm³/mol. The summed E-state index contributed by atoms with van der Waals surface area (Å²) in [7, 11) is 0. The summed E-state index contributed by atoms with van der Waals surface area (Å²) in [5.74, 6) is -0.252. The highest BCUT2D eigenvalue weighted by Crippen LogP contribution is 2.16. The highest BCUT2D eigenvalue weighted by Gasteiger charge is 2.00. The third-order valence-electron chi connectivity index (χ3n) is 1.41.